The first-order chi connectivity index (χ1) is 22.2. The quantitative estimate of drug-likeness (QED) is 0.257. The number of methoxy groups -OCH3 is 2. The van der Waals surface area contributed by atoms with Crippen LogP contribution in [-0.4, -0.2) is 74.1 Å². The number of likely N-dealkylation sites (tertiary alicyclic amines) is 1. The number of benzene rings is 3. The lowest BCUT2D eigenvalue weighted by Gasteiger charge is -2.37. The molecule has 47 heavy (non-hydrogen) atoms. The Bertz CT molecular complexity index is 1720. The number of amides is 3. The van der Waals surface area contributed by atoms with E-state index in [0.717, 1.165) is 12.6 Å². The molecule has 2 heterocycles. The molecule has 2 unspecified atom stereocenters. The third-order valence-corrected chi connectivity index (χ3v) is 9.44. The van der Waals surface area contributed by atoms with E-state index in [4.69, 9.17) is 32.7 Å². The molecule has 3 aromatic rings. The minimum atomic E-state index is -4.58. The van der Waals surface area contributed by atoms with E-state index in [-0.39, 0.29) is 36.0 Å². The van der Waals surface area contributed by atoms with Gasteiger partial charge in [-0.2, -0.15) is 13.2 Å². The van der Waals surface area contributed by atoms with Gasteiger partial charge in [0.1, 0.15) is 29.5 Å². The Morgan fingerprint density at radius 2 is 1.74 bits per heavy atom. The zero-order valence-electron chi connectivity index (χ0n) is 26.3. The number of rotatable bonds is 8. The lowest BCUT2D eigenvalue weighted by Crippen LogP contribution is -2.53. The van der Waals surface area contributed by atoms with Gasteiger partial charge in [-0.05, 0) is 85.8 Å². The highest BCUT2D eigenvalue weighted by atomic mass is 35.5. The van der Waals surface area contributed by atoms with Crippen molar-refractivity contribution in [1.29, 1.82) is 0 Å². The SMILES string of the molecule is COc1ccc(CN2C(=O)C(C)(c3cc(C(=O)N4CCCCC4C(=O)N(C)CC(F)(F)F)ccc3Cl)c3cc(Cl)ccc32)c(OC)c1. The van der Waals surface area contributed by atoms with E-state index in [1.54, 1.807) is 49.3 Å². The zero-order chi connectivity index (χ0) is 34.3. The maximum Gasteiger partial charge on any atom is 0.406 e. The third-order valence-electron chi connectivity index (χ3n) is 8.88. The van der Waals surface area contributed by atoms with Crippen molar-refractivity contribution in [1.82, 2.24) is 9.80 Å². The van der Waals surface area contributed by atoms with E-state index in [2.05, 4.69) is 0 Å². The topological polar surface area (TPSA) is 79.4 Å². The molecule has 8 nitrogen and oxygen atoms in total. The van der Waals surface area contributed by atoms with Crippen molar-refractivity contribution in [2.24, 2.45) is 0 Å². The minimum absolute atomic E-state index is 0.148. The standard InChI is InChI=1S/C34H34Cl2F3N3O5/c1-33(25-16-22(35)10-13-27(25)42(32(33)45)18-21-8-11-23(46-3)17-29(21)47-4)24-15-20(9-12-26(24)36)30(43)41-14-6-5-7-28(41)31(44)40(2)19-34(37,38)39/h8-13,15-17,28H,5-7,14,18-19H2,1-4H3. The molecule has 2 atom stereocenters. The van der Waals surface area contributed by atoms with Crippen LogP contribution in [0.3, 0.4) is 0 Å². The number of anilines is 1. The molecule has 13 heteroatoms. The Morgan fingerprint density at radius 3 is 2.43 bits per heavy atom. The number of hydrogen-bond acceptors (Lipinski definition) is 5. The van der Waals surface area contributed by atoms with Crippen LogP contribution < -0.4 is 14.4 Å². The molecule has 1 fully saturated rings. The Morgan fingerprint density at radius 1 is 1.00 bits per heavy atom. The number of carbonyl (C=O) groups excluding carboxylic acids is 3. The first-order valence-corrected chi connectivity index (χ1v) is 15.7. The van der Waals surface area contributed by atoms with E-state index in [1.165, 1.54) is 30.2 Å². The summed E-state index contributed by atoms with van der Waals surface area (Å²) in [6, 6.07) is 13.9. The van der Waals surface area contributed by atoms with Crippen molar-refractivity contribution in [2.75, 3.05) is 39.3 Å². The number of nitrogens with zero attached hydrogens (tertiary/aromatic N) is 3. The fraction of sp³-hybridized carbons (Fsp3) is 0.382. The molecule has 0 aromatic heterocycles. The Labute approximate surface area is 280 Å². The van der Waals surface area contributed by atoms with Crippen LogP contribution in [0.5, 0.6) is 11.5 Å². The summed E-state index contributed by atoms with van der Waals surface area (Å²) in [5.74, 6) is -0.525. The summed E-state index contributed by atoms with van der Waals surface area (Å²) in [7, 11) is 4.15. The molecule has 2 aliphatic heterocycles. The summed E-state index contributed by atoms with van der Waals surface area (Å²) < 4.78 is 50.1. The van der Waals surface area contributed by atoms with E-state index >= 15 is 0 Å². The van der Waals surface area contributed by atoms with Gasteiger partial charge in [0.15, 0.2) is 0 Å². The summed E-state index contributed by atoms with van der Waals surface area (Å²) in [5.41, 5.74) is 1.01. The van der Waals surface area contributed by atoms with Crippen LogP contribution in [0.25, 0.3) is 0 Å². The molecule has 0 aliphatic carbocycles. The highest BCUT2D eigenvalue weighted by molar-refractivity contribution is 6.33. The van der Waals surface area contributed by atoms with Crippen molar-refractivity contribution >= 4 is 46.6 Å². The minimum Gasteiger partial charge on any atom is -0.497 e. The Kier molecular flexibility index (Phi) is 9.71. The number of halogens is 5. The molecule has 5 rings (SSSR count). The number of carbonyl (C=O) groups is 3. The monoisotopic (exact) mass is 691 g/mol. The molecular weight excluding hydrogens is 658 g/mol. The van der Waals surface area contributed by atoms with Crippen molar-refractivity contribution in [3.8, 4) is 11.5 Å². The average molecular weight is 693 g/mol. The molecule has 1 saturated heterocycles. The van der Waals surface area contributed by atoms with Gasteiger partial charge in [0, 0.05) is 46.5 Å². The van der Waals surface area contributed by atoms with Crippen LogP contribution in [0.1, 0.15) is 53.2 Å². The predicted octanol–water partition coefficient (Wildman–Crippen LogP) is 6.88. The van der Waals surface area contributed by atoms with Crippen LogP contribution in [0.4, 0.5) is 18.9 Å². The van der Waals surface area contributed by atoms with Gasteiger partial charge in [-0.3, -0.25) is 14.4 Å². The molecule has 0 spiro atoms. The lowest BCUT2D eigenvalue weighted by atomic mass is 9.76. The molecule has 0 radical (unpaired) electrons. The van der Waals surface area contributed by atoms with E-state index in [0.29, 0.717) is 51.1 Å². The van der Waals surface area contributed by atoms with Crippen LogP contribution in [0.15, 0.2) is 54.6 Å². The molecule has 0 bridgehead atoms. The van der Waals surface area contributed by atoms with Crippen molar-refractivity contribution < 1.29 is 37.0 Å². The zero-order valence-corrected chi connectivity index (χ0v) is 27.8. The Balaban J connectivity index is 1.52. The number of hydrogen-bond donors (Lipinski definition) is 0. The van der Waals surface area contributed by atoms with Gasteiger partial charge < -0.3 is 24.2 Å². The van der Waals surface area contributed by atoms with Crippen LogP contribution in [0, 0.1) is 0 Å². The Hall–Kier alpha value is -3.96. The maximum atomic E-state index is 14.5. The molecule has 250 valence electrons. The fourth-order valence-electron chi connectivity index (χ4n) is 6.45. The van der Waals surface area contributed by atoms with Crippen LogP contribution in [-0.2, 0) is 21.5 Å². The van der Waals surface area contributed by atoms with Gasteiger partial charge in [0.05, 0.1) is 20.8 Å². The summed E-state index contributed by atoms with van der Waals surface area (Å²) in [4.78, 5) is 45.1. The van der Waals surface area contributed by atoms with Gasteiger partial charge in [-0.1, -0.05) is 23.2 Å². The summed E-state index contributed by atoms with van der Waals surface area (Å²) in [5, 5.41) is 0.621. The van der Waals surface area contributed by atoms with Gasteiger partial charge in [-0.15, -0.1) is 0 Å². The lowest BCUT2D eigenvalue weighted by molar-refractivity contribution is -0.161. The number of likely N-dealkylation sites (N-methyl/N-ethyl adjacent to an activating group) is 1. The average Bonchev–Trinajstić information content (AvgIpc) is 3.25. The summed E-state index contributed by atoms with van der Waals surface area (Å²) >= 11 is 13.2. The summed E-state index contributed by atoms with van der Waals surface area (Å²) in [6.45, 7) is 0.635. The highest BCUT2D eigenvalue weighted by Gasteiger charge is 2.50. The second-order valence-electron chi connectivity index (χ2n) is 11.9. The molecule has 0 saturated carbocycles. The second kappa shape index (κ2) is 13.3. The van der Waals surface area contributed by atoms with E-state index in [9.17, 15) is 27.6 Å². The molecule has 0 N–H and O–H groups in total. The number of alkyl halides is 3. The first kappa shape index (κ1) is 34.4. The van der Waals surface area contributed by atoms with Gasteiger partial charge in [0.25, 0.3) is 5.91 Å². The van der Waals surface area contributed by atoms with Gasteiger partial charge in [0.2, 0.25) is 11.8 Å². The second-order valence-corrected chi connectivity index (χ2v) is 12.7. The smallest absolute Gasteiger partial charge is 0.406 e. The van der Waals surface area contributed by atoms with E-state index in [1.807, 2.05) is 6.07 Å². The van der Waals surface area contributed by atoms with Crippen molar-refractivity contribution in [3.63, 3.8) is 0 Å². The van der Waals surface area contributed by atoms with Crippen molar-refractivity contribution in [3.05, 3.63) is 86.9 Å². The van der Waals surface area contributed by atoms with Gasteiger partial charge >= 0.3 is 6.18 Å². The first-order valence-electron chi connectivity index (χ1n) is 14.9. The normalized spacial score (nSPS) is 19.4. The highest BCUT2D eigenvalue weighted by Crippen LogP contribution is 2.50. The number of piperidine rings is 1. The number of ether oxygens (including phenoxy) is 2. The molecule has 3 amide bonds. The molecule has 2 aliphatic rings. The number of fused-ring (bicyclic) bond motifs is 1. The van der Waals surface area contributed by atoms with E-state index < -0.39 is 36.0 Å². The third kappa shape index (κ3) is 6.60. The molecular formula is C34H34Cl2F3N3O5. The predicted molar refractivity (Wildman–Crippen MR) is 172 cm³/mol. The van der Waals surface area contributed by atoms with Crippen LogP contribution >= 0.6 is 23.2 Å². The fourth-order valence-corrected chi connectivity index (χ4v) is 6.93. The van der Waals surface area contributed by atoms with Gasteiger partial charge in [-0.25, -0.2) is 0 Å². The van der Waals surface area contributed by atoms with Crippen molar-refractivity contribution in [2.45, 2.75) is 50.4 Å². The van der Waals surface area contributed by atoms with Crippen LogP contribution in [0.2, 0.25) is 10.0 Å². The summed E-state index contributed by atoms with van der Waals surface area (Å²) in [6.07, 6.45) is -3.16. The largest absolute Gasteiger partial charge is 0.497 e. The maximum absolute atomic E-state index is 14.5. The molecule has 3 aromatic carbocycles.